The van der Waals surface area contributed by atoms with Crippen molar-refractivity contribution in [2.75, 3.05) is 18.5 Å². The summed E-state index contributed by atoms with van der Waals surface area (Å²) in [5.41, 5.74) is 0. The summed E-state index contributed by atoms with van der Waals surface area (Å²) in [6, 6.07) is 0. The zero-order valence-corrected chi connectivity index (χ0v) is 14.7. The van der Waals surface area contributed by atoms with Gasteiger partial charge in [0, 0.05) is 0 Å². The van der Waals surface area contributed by atoms with Crippen LogP contribution in [0.2, 0.25) is 0 Å². The molecular weight excluding hydrogens is 384 g/mol. The van der Waals surface area contributed by atoms with Crippen LogP contribution in [-0.4, -0.2) is 83.1 Å². The second-order valence-corrected chi connectivity index (χ2v) is 9.79. The van der Waals surface area contributed by atoms with Crippen LogP contribution in [0.1, 0.15) is 0 Å². The summed E-state index contributed by atoms with van der Waals surface area (Å²) in [6.07, 6.45) is -8.03. The highest BCUT2D eigenvalue weighted by Gasteiger charge is 2.56. The van der Waals surface area contributed by atoms with Gasteiger partial charge >= 0.3 is 39.2 Å². The predicted octanol–water partition coefficient (Wildman–Crippen LogP) is -1.82. The molecule has 126 valence electrons. The summed E-state index contributed by atoms with van der Waals surface area (Å²) in [4.78, 5) is 0. The van der Waals surface area contributed by atoms with Crippen molar-refractivity contribution in [3.05, 3.63) is 0 Å². The van der Waals surface area contributed by atoms with Crippen LogP contribution in [0.3, 0.4) is 0 Å². The van der Waals surface area contributed by atoms with Gasteiger partial charge in [-0.05, 0) is 13.7 Å². The SMILES string of the molecule is O=[P+](CC(O)O)[O][Al]([O][P+](=O)CC(O)O)[O][P+](=O)CC(O)O. The van der Waals surface area contributed by atoms with Crippen molar-refractivity contribution >= 4 is 39.2 Å². The van der Waals surface area contributed by atoms with Crippen molar-refractivity contribution in [3.8, 4) is 0 Å². The highest BCUT2D eigenvalue weighted by molar-refractivity contribution is 7.44. The first-order valence-corrected chi connectivity index (χ1v) is 11.0. The largest absolute Gasteiger partial charge is 1.04 e. The fourth-order valence-corrected chi connectivity index (χ4v) is 6.51. The maximum absolute atomic E-state index is 11.4. The van der Waals surface area contributed by atoms with Gasteiger partial charge in [0.25, 0.3) is 0 Å². The fourth-order valence-electron chi connectivity index (χ4n) is 0.875. The van der Waals surface area contributed by atoms with Gasteiger partial charge in [-0.15, -0.1) is 0 Å². The maximum Gasteiger partial charge on any atom is 1.04 e. The third-order valence-corrected chi connectivity index (χ3v) is 8.31. The van der Waals surface area contributed by atoms with E-state index in [1.165, 1.54) is 0 Å². The Morgan fingerprint density at radius 3 is 1.05 bits per heavy atom. The molecule has 0 saturated heterocycles. The van der Waals surface area contributed by atoms with Gasteiger partial charge in [-0.2, -0.15) is 0 Å². The summed E-state index contributed by atoms with van der Waals surface area (Å²) in [5.74, 6) is 0. The molecule has 0 fully saturated rings. The summed E-state index contributed by atoms with van der Waals surface area (Å²) >= 11 is -3.60. The molecule has 0 spiro atoms. The third kappa shape index (κ3) is 13.0. The van der Waals surface area contributed by atoms with E-state index in [-0.39, 0.29) is 0 Å². The molecule has 3 unspecified atom stereocenters. The number of aliphatic hydroxyl groups is 6. The molecule has 12 nitrogen and oxygen atoms in total. The first-order valence-electron chi connectivity index (χ1n) is 5.53. The van der Waals surface area contributed by atoms with Crippen LogP contribution in [0.5, 0.6) is 0 Å². The van der Waals surface area contributed by atoms with Crippen LogP contribution in [0.4, 0.5) is 0 Å². The molecule has 0 aromatic heterocycles. The number of rotatable bonds is 12. The molecule has 0 rings (SSSR count). The topological polar surface area (TPSA) is 200 Å². The standard InChI is InChI=1S/3C2H5O4P.Al/c3*3-2(4)1-7(5)6;/h3*2-4H,1H2;/q;;;+3. The molecule has 16 heteroatoms. The van der Waals surface area contributed by atoms with Crippen molar-refractivity contribution in [1.29, 1.82) is 0 Å². The Morgan fingerprint density at radius 2 is 0.864 bits per heavy atom. The molecule has 0 amide bonds. The summed E-state index contributed by atoms with van der Waals surface area (Å²) in [7, 11) is -8.12. The van der Waals surface area contributed by atoms with Gasteiger partial charge in [-0.3, -0.25) is 0 Å². The van der Waals surface area contributed by atoms with Crippen molar-refractivity contribution in [3.63, 3.8) is 0 Å². The van der Waals surface area contributed by atoms with Crippen molar-refractivity contribution in [2.24, 2.45) is 0 Å². The lowest BCUT2D eigenvalue weighted by Gasteiger charge is -1.97. The normalized spacial score (nSPS) is 13.8. The van der Waals surface area contributed by atoms with Gasteiger partial charge < -0.3 is 30.6 Å². The lowest BCUT2D eigenvalue weighted by atomic mass is 10.8. The second-order valence-electron chi connectivity index (χ2n) is 3.59. The minimum atomic E-state index is -3.60. The Kier molecular flexibility index (Phi) is 12.2. The Balaban J connectivity index is 4.64. The van der Waals surface area contributed by atoms with Crippen LogP contribution in [0.25, 0.3) is 0 Å². The molecule has 22 heavy (non-hydrogen) atoms. The van der Waals surface area contributed by atoms with Crippen molar-refractivity contribution < 1.29 is 55.1 Å². The Morgan fingerprint density at radius 1 is 0.636 bits per heavy atom. The van der Waals surface area contributed by atoms with Gasteiger partial charge in [0.2, 0.25) is 18.5 Å². The van der Waals surface area contributed by atoms with E-state index >= 15 is 0 Å². The van der Waals surface area contributed by atoms with Crippen LogP contribution < -0.4 is 0 Å². The second kappa shape index (κ2) is 11.9. The average molecular weight is 399 g/mol. The quantitative estimate of drug-likeness (QED) is 0.122. The molecule has 0 aromatic carbocycles. The first kappa shape index (κ1) is 22.5. The highest BCUT2D eigenvalue weighted by atomic mass is 31.1. The van der Waals surface area contributed by atoms with Gasteiger partial charge in [0.1, 0.15) is 0 Å². The van der Waals surface area contributed by atoms with Crippen molar-refractivity contribution in [2.45, 2.75) is 18.9 Å². The molecule has 0 heterocycles. The Labute approximate surface area is 132 Å². The molecule has 0 bridgehead atoms. The van der Waals surface area contributed by atoms with E-state index < -0.39 is 76.6 Å². The van der Waals surface area contributed by atoms with E-state index in [4.69, 9.17) is 30.6 Å². The molecule has 0 aromatic rings. The summed E-state index contributed by atoms with van der Waals surface area (Å²) in [6.45, 7) is 0. The Bertz CT molecular complexity index is 332. The zero-order valence-electron chi connectivity index (χ0n) is 10.9. The van der Waals surface area contributed by atoms with Crippen LogP contribution in [0.15, 0.2) is 0 Å². The molecule has 0 aliphatic heterocycles. The van der Waals surface area contributed by atoms with Gasteiger partial charge in [-0.1, -0.05) is 0 Å². The summed E-state index contributed by atoms with van der Waals surface area (Å²) in [5, 5.41) is 51.7. The lowest BCUT2D eigenvalue weighted by Crippen LogP contribution is -2.23. The number of hydrogen-bond acceptors (Lipinski definition) is 12. The van der Waals surface area contributed by atoms with Gasteiger partial charge in [0.05, 0.1) is 0 Å². The molecule has 0 radical (unpaired) electrons. The molecule has 3 atom stereocenters. The van der Waals surface area contributed by atoms with Gasteiger partial charge in [-0.25, -0.2) is 10.7 Å². The first-order chi connectivity index (χ1) is 10.1. The molecule has 0 aliphatic rings. The smallest absolute Gasteiger partial charge is 0.365 e. The minimum absolute atomic E-state index is 0.718. The monoisotopic (exact) mass is 399 g/mol. The lowest BCUT2D eigenvalue weighted by molar-refractivity contribution is -0.0211. The highest BCUT2D eigenvalue weighted by Crippen LogP contribution is 2.35. The van der Waals surface area contributed by atoms with E-state index in [1.54, 1.807) is 0 Å². The third-order valence-electron chi connectivity index (χ3n) is 1.55. The molecule has 6 N–H and O–H groups in total. The van der Waals surface area contributed by atoms with Crippen molar-refractivity contribution in [1.82, 2.24) is 0 Å². The molecule has 0 saturated carbocycles. The van der Waals surface area contributed by atoms with E-state index in [2.05, 4.69) is 10.7 Å². The van der Waals surface area contributed by atoms with Crippen LogP contribution in [0, 0.1) is 0 Å². The van der Waals surface area contributed by atoms with E-state index in [9.17, 15) is 13.7 Å². The van der Waals surface area contributed by atoms with E-state index in [0.29, 0.717) is 0 Å². The number of hydrogen-bond donors (Lipinski definition) is 6. The van der Waals surface area contributed by atoms with Crippen LogP contribution >= 0.6 is 24.1 Å². The zero-order chi connectivity index (χ0) is 17.3. The number of aliphatic hydroxyl groups excluding tert-OH is 3. The molecular formula is C6H15AlO12P3+3. The molecule has 0 aliphatic carbocycles. The van der Waals surface area contributed by atoms with Crippen LogP contribution in [-0.2, 0) is 24.4 Å². The maximum atomic E-state index is 11.4. The predicted molar refractivity (Wildman–Crippen MR) is 71.1 cm³/mol. The minimum Gasteiger partial charge on any atom is -0.365 e. The van der Waals surface area contributed by atoms with E-state index in [1.807, 2.05) is 0 Å². The Hall–Kier alpha value is 0.472. The van der Waals surface area contributed by atoms with Gasteiger partial charge in [0.15, 0.2) is 18.9 Å². The fraction of sp³-hybridized carbons (Fsp3) is 1.00. The average Bonchev–Trinajstić information content (AvgIpc) is 2.23. The van der Waals surface area contributed by atoms with E-state index in [0.717, 1.165) is 0 Å². The summed E-state index contributed by atoms with van der Waals surface area (Å²) < 4.78 is 48.1.